The van der Waals surface area contributed by atoms with Crippen LogP contribution >= 0.6 is 22.9 Å². The number of nitrogens with zero attached hydrogens (tertiary/aromatic N) is 2. The first-order valence-electron chi connectivity index (χ1n) is 6.19. The lowest BCUT2D eigenvalue weighted by atomic mass is 10.1. The van der Waals surface area contributed by atoms with Gasteiger partial charge in [-0.2, -0.15) is 0 Å². The minimum Gasteiger partial charge on any atom is -0.397 e. The van der Waals surface area contributed by atoms with Gasteiger partial charge in [-0.05, 0) is 42.8 Å². The molecule has 0 saturated carbocycles. The maximum Gasteiger partial charge on any atom is 0.0872 e. The van der Waals surface area contributed by atoms with E-state index in [0.29, 0.717) is 10.7 Å². The molecule has 1 heterocycles. The van der Waals surface area contributed by atoms with Crippen molar-refractivity contribution in [3.8, 4) is 0 Å². The van der Waals surface area contributed by atoms with Crippen molar-refractivity contribution < 1.29 is 0 Å². The van der Waals surface area contributed by atoms with Crippen molar-refractivity contribution in [1.29, 1.82) is 0 Å². The van der Waals surface area contributed by atoms with Crippen LogP contribution in [-0.4, -0.2) is 12.0 Å². The van der Waals surface area contributed by atoms with E-state index < -0.39 is 0 Å². The highest BCUT2D eigenvalue weighted by molar-refractivity contribution is 7.16. The van der Waals surface area contributed by atoms with Crippen molar-refractivity contribution in [2.24, 2.45) is 0 Å². The van der Waals surface area contributed by atoms with Gasteiger partial charge in [0.15, 0.2) is 0 Å². The summed E-state index contributed by atoms with van der Waals surface area (Å²) in [4.78, 5) is 6.34. The van der Waals surface area contributed by atoms with E-state index in [-0.39, 0.29) is 0 Å². The normalized spacial score (nSPS) is 10.9. The molecule has 3 rings (SSSR count). The fourth-order valence-corrected chi connectivity index (χ4v) is 3.16. The standard InChI is InChI=1S/C15H14ClN3S/c1-9-5-11(17)15(16)13(6-9)19(2)10-3-4-12-14(7-10)20-8-18-12/h3-8H,17H2,1-2H3. The smallest absolute Gasteiger partial charge is 0.0872 e. The summed E-state index contributed by atoms with van der Waals surface area (Å²) in [7, 11) is 1.99. The van der Waals surface area contributed by atoms with Crippen LogP contribution in [0.3, 0.4) is 0 Å². The third-order valence-electron chi connectivity index (χ3n) is 3.29. The van der Waals surface area contributed by atoms with Crippen LogP contribution in [0.1, 0.15) is 5.56 Å². The van der Waals surface area contributed by atoms with Crippen molar-refractivity contribution in [3.63, 3.8) is 0 Å². The molecule has 3 nitrogen and oxygen atoms in total. The third-order valence-corrected chi connectivity index (χ3v) is 4.49. The molecule has 3 aromatic rings. The van der Waals surface area contributed by atoms with Gasteiger partial charge in [0, 0.05) is 12.7 Å². The number of rotatable bonds is 2. The summed E-state index contributed by atoms with van der Waals surface area (Å²) in [5.74, 6) is 0. The van der Waals surface area contributed by atoms with Gasteiger partial charge in [-0.25, -0.2) is 4.98 Å². The van der Waals surface area contributed by atoms with Crippen LogP contribution in [0.2, 0.25) is 5.02 Å². The number of halogens is 1. The lowest BCUT2D eigenvalue weighted by molar-refractivity contribution is 1.21. The monoisotopic (exact) mass is 303 g/mol. The van der Waals surface area contributed by atoms with E-state index in [0.717, 1.165) is 27.2 Å². The fraction of sp³-hybridized carbons (Fsp3) is 0.133. The summed E-state index contributed by atoms with van der Waals surface area (Å²) < 4.78 is 1.16. The van der Waals surface area contributed by atoms with E-state index in [1.807, 2.05) is 48.6 Å². The SMILES string of the molecule is Cc1cc(N)c(Cl)c(N(C)c2ccc3ncsc3c2)c1. The Morgan fingerprint density at radius 3 is 2.85 bits per heavy atom. The summed E-state index contributed by atoms with van der Waals surface area (Å²) in [6, 6.07) is 10.1. The predicted octanol–water partition coefficient (Wildman–Crippen LogP) is 4.61. The molecule has 0 bridgehead atoms. The van der Waals surface area contributed by atoms with Gasteiger partial charge in [0.2, 0.25) is 0 Å². The molecule has 1 aromatic heterocycles. The molecule has 0 radical (unpaired) electrons. The minimum absolute atomic E-state index is 0.586. The number of fused-ring (bicyclic) bond motifs is 1. The number of hydrogen-bond donors (Lipinski definition) is 1. The van der Waals surface area contributed by atoms with Crippen molar-refractivity contribution in [3.05, 3.63) is 46.4 Å². The van der Waals surface area contributed by atoms with Crippen LogP contribution in [0, 0.1) is 6.92 Å². The zero-order chi connectivity index (χ0) is 14.3. The summed E-state index contributed by atoms with van der Waals surface area (Å²) in [6.07, 6.45) is 0. The van der Waals surface area contributed by atoms with Gasteiger partial charge < -0.3 is 10.6 Å². The second-order valence-electron chi connectivity index (χ2n) is 4.75. The molecule has 5 heteroatoms. The molecule has 0 saturated heterocycles. The van der Waals surface area contributed by atoms with Crippen molar-refractivity contribution in [1.82, 2.24) is 4.98 Å². The summed E-state index contributed by atoms with van der Waals surface area (Å²) in [6.45, 7) is 2.01. The topological polar surface area (TPSA) is 42.1 Å². The molecule has 2 N–H and O–H groups in total. The highest BCUT2D eigenvalue weighted by Gasteiger charge is 2.12. The number of anilines is 3. The van der Waals surface area contributed by atoms with Gasteiger partial charge in [0.1, 0.15) is 0 Å². The van der Waals surface area contributed by atoms with Gasteiger partial charge in [0.25, 0.3) is 0 Å². The number of hydrogen-bond acceptors (Lipinski definition) is 4. The molecule has 0 amide bonds. The Morgan fingerprint density at radius 1 is 1.25 bits per heavy atom. The molecule has 0 unspecified atom stereocenters. The molecular weight excluding hydrogens is 290 g/mol. The first kappa shape index (κ1) is 13.2. The number of thiazole rings is 1. The molecule has 0 aliphatic carbocycles. The Hall–Kier alpha value is -1.78. The Bertz CT molecular complexity index is 782. The van der Waals surface area contributed by atoms with E-state index in [4.69, 9.17) is 17.3 Å². The molecule has 0 fully saturated rings. The van der Waals surface area contributed by atoms with E-state index in [2.05, 4.69) is 11.1 Å². The number of nitrogens with two attached hydrogens (primary N) is 1. The molecule has 20 heavy (non-hydrogen) atoms. The highest BCUT2D eigenvalue weighted by Crippen LogP contribution is 2.36. The number of nitrogen functional groups attached to an aromatic ring is 1. The largest absolute Gasteiger partial charge is 0.397 e. The average molecular weight is 304 g/mol. The molecule has 0 aliphatic rings. The van der Waals surface area contributed by atoms with Gasteiger partial charge in [-0.3, -0.25) is 0 Å². The Kier molecular flexibility index (Phi) is 3.28. The number of aromatic nitrogens is 1. The summed E-state index contributed by atoms with van der Waals surface area (Å²) >= 11 is 7.96. The average Bonchev–Trinajstić information content (AvgIpc) is 2.89. The molecule has 0 spiro atoms. The van der Waals surface area contributed by atoms with E-state index in [1.165, 1.54) is 0 Å². The first-order chi connectivity index (χ1) is 9.56. The summed E-state index contributed by atoms with van der Waals surface area (Å²) in [5, 5.41) is 0.586. The minimum atomic E-state index is 0.586. The van der Waals surface area contributed by atoms with Crippen molar-refractivity contribution in [2.45, 2.75) is 6.92 Å². The predicted molar refractivity (Wildman–Crippen MR) is 88.3 cm³/mol. The second kappa shape index (κ2) is 4.96. The fourth-order valence-electron chi connectivity index (χ4n) is 2.21. The van der Waals surface area contributed by atoms with Gasteiger partial charge in [0.05, 0.1) is 32.1 Å². The highest BCUT2D eigenvalue weighted by atomic mass is 35.5. The zero-order valence-electron chi connectivity index (χ0n) is 11.2. The van der Waals surface area contributed by atoms with Gasteiger partial charge >= 0.3 is 0 Å². The molecule has 102 valence electrons. The lowest BCUT2D eigenvalue weighted by Crippen LogP contribution is -2.10. The Balaban J connectivity index is 2.09. The van der Waals surface area contributed by atoms with E-state index in [9.17, 15) is 0 Å². The van der Waals surface area contributed by atoms with Crippen LogP contribution in [0.5, 0.6) is 0 Å². The first-order valence-corrected chi connectivity index (χ1v) is 7.44. The van der Waals surface area contributed by atoms with E-state index in [1.54, 1.807) is 11.3 Å². The van der Waals surface area contributed by atoms with Crippen LogP contribution < -0.4 is 10.6 Å². The van der Waals surface area contributed by atoms with Crippen LogP contribution in [0.15, 0.2) is 35.8 Å². The number of aryl methyl sites for hydroxylation is 1. The van der Waals surface area contributed by atoms with Crippen LogP contribution in [0.4, 0.5) is 17.1 Å². The molecule has 0 aliphatic heterocycles. The molecular formula is C15H14ClN3S. The molecule has 0 atom stereocenters. The molecule has 2 aromatic carbocycles. The Morgan fingerprint density at radius 2 is 2.05 bits per heavy atom. The lowest BCUT2D eigenvalue weighted by Gasteiger charge is -2.22. The van der Waals surface area contributed by atoms with Crippen LogP contribution in [-0.2, 0) is 0 Å². The van der Waals surface area contributed by atoms with Gasteiger partial charge in [-0.15, -0.1) is 11.3 Å². The van der Waals surface area contributed by atoms with Crippen LogP contribution in [0.25, 0.3) is 10.2 Å². The number of benzene rings is 2. The third kappa shape index (κ3) is 2.21. The van der Waals surface area contributed by atoms with Crippen molar-refractivity contribution in [2.75, 3.05) is 17.7 Å². The quantitative estimate of drug-likeness (QED) is 0.703. The summed E-state index contributed by atoms with van der Waals surface area (Å²) in [5.41, 5.74) is 12.5. The van der Waals surface area contributed by atoms with E-state index >= 15 is 0 Å². The Labute approximate surface area is 126 Å². The maximum absolute atomic E-state index is 6.33. The second-order valence-corrected chi connectivity index (χ2v) is 6.01. The van der Waals surface area contributed by atoms with Crippen molar-refractivity contribution >= 4 is 50.2 Å². The van der Waals surface area contributed by atoms with Gasteiger partial charge in [-0.1, -0.05) is 11.6 Å². The maximum atomic E-state index is 6.33. The zero-order valence-corrected chi connectivity index (χ0v) is 12.8.